The van der Waals surface area contributed by atoms with Gasteiger partial charge in [-0.3, -0.25) is 9.10 Å². The van der Waals surface area contributed by atoms with Crippen LogP contribution < -0.4 is 9.73 Å². The fraction of sp³-hybridized carbons (Fsp3) is 0.0909. The number of aryl methyl sites for hydroxylation is 1. The molecule has 30 heavy (non-hydrogen) atoms. The van der Waals surface area contributed by atoms with Crippen molar-refractivity contribution < 1.29 is 17.6 Å². The van der Waals surface area contributed by atoms with Crippen molar-refractivity contribution in [2.75, 3.05) is 10.8 Å². The van der Waals surface area contributed by atoms with Crippen molar-refractivity contribution >= 4 is 27.8 Å². The Hall–Kier alpha value is -3.52. The fourth-order valence-electron chi connectivity index (χ4n) is 2.76. The number of carbonyl (C=O) groups is 1. The third-order valence-electron chi connectivity index (χ3n) is 4.28. The standard InChI is InChI=1S/C22H20FN3O3S/c1-17-7-5-6-10-21(17)26(30(28,29)20-8-3-2-4-9-20)16-22(27)25-24-15-18-11-13-19(23)14-12-18/h2-15H,16H2,1H3,(H,25,27)/b24-15-. The predicted octanol–water partition coefficient (Wildman–Crippen LogP) is 3.48. The number of halogens is 1. The molecule has 0 saturated heterocycles. The summed E-state index contributed by atoms with van der Waals surface area (Å²) in [4.78, 5) is 12.5. The van der Waals surface area contributed by atoms with Crippen LogP contribution in [0.3, 0.4) is 0 Å². The van der Waals surface area contributed by atoms with Gasteiger partial charge in [-0.1, -0.05) is 48.5 Å². The molecule has 0 radical (unpaired) electrons. The summed E-state index contributed by atoms with van der Waals surface area (Å²) in [5.41, 5.74) is 4.02. The molecule has 8 heteroatoms. The van der Waals surface area contributed by atoms with E-state index >= 15 is 0 Å². The molecule has 0 spiro atoms. The Morgan fingerprint density at radius 3 is 2.30 bits per heavy atom. The Morgan fingerprint density at radius 1 is 1.00 bits per heavy atom. The van der Waals surface area contributed by atoms with Crippen LogP contribution in [0.25, 0.3) is 0 Å². The molecule has 3 aromatic rings. The lowest BCUT2D eigenvalue weighted by molar-refractivity contribution is -0.119. The lowest BCUT2D eigenvalue weighted by Gasteiger charge is -2.25. The summed E-state index contributed by atoms with van der Waals surface area (Å²) < 4.78 is 40.4. The monoisotopic (exact) mass is 425 g/mol. The Kier molecular flexibility index (Phi) is 6.58. The normalized spacial score (nSPS) is 11.4. The molecular weight excluding hydrogens is 405 g/mol. The van der Waals surface area contributed by atoms with Crippen molar-refractivity contribution in [3.63, 3.8) is 0 Å². The van der Waals surface area contributed by atoms with E-state index in [1.165, 1.54) is 42.6 Å². The molecule has 154 valence electrons. The molecule has 0 atom stereocenters. The van der Waals surface area contributed by atoms with E-state index in [1.807, 2.05) is 0 Å². The van der Waals surface area contributed by atoms with Crippen LogP contribution in [-0.4, -0.2) is 27.1 Å². The van der Waals surface area contributed by atoms with Gasteiger partial charge >= 0.3 is 0 Å². The molecule has 0 unspecified atom stereocenters. The van der Waals surface area contributed by atoms with E-state index in [0.717, 1.165) is 4.31 Å². The summed E-state index contributed by atoms with van der Waals surface area (Å²) in [6.07, 6.45) is 1.35. The molecule has 1 N–H and O–H groups in total. The minimum absolute atomic E-state index is 0.0795. The smallest absolute Gasteiger partial charge is 0.264 e. The highest BCUT2D eigenvalue weighted by atomic mass is 32.2. The lowest BCUT2D eigenvalue weighted by atomic mass is 10.2. The van der Waals surface area contributed by atoms with E-state index in [2.05, 4.69) is 10.5 Å². The van der Waals surface area contributed by atoms with E-state index in [0.29, 0.717) is 16.8 Å². The second kappa shape index (κ2) is 9.32. The first-order chi connectivity index (χ1) is 14.4. The van der Waals surface area contributed by atoms with Gasteiger partial charge in [0.25, 0.3) is 15.9 Å². The van der Waals surface area contributed by atoms with Gasteiger partial charge in [0.05, 0.1) is 16.8 Å². The molecule has 0 aliphatic rings. The highest BCUT2D eigenvalue weighted by molar-refractivity contribution is 7.92. The largest absolute Gasteiger partial charge is 0.271 e. The number of benzene rings is 3. The summed E-state index contributed by atoms with van der Waals surface area (Å²) in [5.74, 6) is -0.993. The zero-order valence-electron chi connectivity index (χ0n) is 16.2. The molecule has 3 rings (SSSR count). The van der Waals surface area contributed by atoms with Crippen LogP contribution in [0.4, 0.5) is 10.1 Å². The van der Waals surface area contributed by atoms with Crippen molar-refractivity contribution in [3.05, 3.63) is 95.8 Å². The third kappa shape index (κ3) is 5.09. The topological polar surface area (TPSA) is 78.8 Å². The second-order valence-electron chi connectivity index (χ2n) is 6.46. The van der Waals surface area contributed by atoms with Crippen LogP contribution in [0.1, 0.15) is 11.1 Å². The molecular formula is C22H20FN3O3S. The summed E-state index contributed by atoms with van der Waals surface area (Å²) in [6, 6.07) is 20.4. The highest BCUT2D eigenvalue weighted by Gasteiger charge is 2.27. The maximum atomic E-state index is 13.2. The van der Waals surface area contributed by atoms with Crippen LogP contribution in [0, 0.1) is 12.7 Å². The van der Waals surface area contributed by atoms with Crippen LogP contribution >= 0.6 is 0 Å². The van der Waals surface area contributed by atoms with Crippen LogP contribution in [0.5, 0.6) is 0 Å². The fourth-order valence-corrected chi connectivity index (χ4v) is 4.26. The number of para-hydroxylation sites is 1. The number of hydrogen-bond donors (Lipinski definition) is 1. The first-order valence-corrected chi connectivity index (χ1v) is 10.5. The number of anilines is 1. The molecule has 0 heterocycles. The second-order valence-corrected chi connectivity index (χ2v) is 8.32. The molecule has 0 fully saturated rings. The summed E-state index contributed by atoms with van der Waals surface area (Å²) >= 11 is 0. The molecule has 0 aliphatic heterocycles. The summed E-state index contributed by atoms with van der Waals surface area (Å²) in [5, 5.41) is 3.83. The molecule has 0 bridgehead atoms. The lowest BCUT2D eigenvalue weighted by Crippen LogP contribution is -2.40. The molecule has 6 nitrogen and oxygen atoms in total. The number of nitrogens with one attached hydrogen (secondary N) is 1. The maximum absolute atomic E-state index is 13.2. The van der Waals surface area contributed by atoms with Gasteiger partial charge in [-0.05, 0) is 48.4 Å². The first-order valence-electron chi connectivity index (χ1n) is 9.09. The molecule has 1 amide bonds. The minimum atomic E-state index is -3.97. The van der Waals surface area contributed by atoms with Crippen molar-refractivity contribution in [1.29, 1.82) is 0 Å². The Bertz CT molecular complexity index is 1150. The molecule has 0 aromatic heterocycles. The quantitative estimate of drug-likeness (QED) is 0.465. The minimum Gasteiger partial charge on any atom is -0.271 e. The van der Waals surface area contributed by atoms with Gasteiger partial charge in [-0.15, -0.1) is 0 Å². The van der Waals surface area contributed by atoms with Crippen LogP contribution in [0.2, 0.25) is 0 Å². The number of sulfonamides is 1. The zero-order valence-corrected chi connectivity index (χ0v) is 17.0. The van der Waals surface area contributed by atoms with Gasteiger partial charge in [0.2, 0.25) is 0 Å². The average molecular weight is 425 g/mol. The summed E-state index contributed by atoms with van der Waals surface area (Å²) in [7, 11) is -3.97. The van der Waals surface area contributed by atoms with E-state index in [1.54, 1.807) is 49.4 Å². The van der Waals surface area contributed by atoms with Gasteiger partial charge in [0, 0.05) is 0 Å². The number of hydrogen-bond acceptors (Lipinski definition) is 4. The number of amides is 1. The zero-order chi connectivity index (χ0) is 21.6. The molecule has 0 saturated carbocycles. The van der Waals surface area contributed by atoms with E-state index in [4.69, 9.17) is 0 Å². The number of nitrogens with zero attached hydrogens (tertiary/aromatic N) is 2. The van der Waals surface area contributed by atoms with Gasteiger partial charge in [0.1, 0.15) is 12.4 Å². The highest BCUT2D eigenvalue weighted by Crippen LogP contribution is 2.26. The maximum Gasteiger partial charge on any atom is 0.264 e. The number of rotatable bonds is 7. The van der Waals surface area contributed by atoms with Crippen molar-refractivity contribution in [2.45, 2.75) is 11.8 Å². The first kappa shape index (κ1) is 21.2. The van der Waals surface area contributed by atoms with Gasteiger partial charge in [-0.2, -0.15) is 5.10 Å². The Balaban J connectivity index is 1.83. The Labute approximate surface area is 174 Å². The van der Waals surface area contributed by atoms with Crippen molar-refractivity contribution in [2.24, 2.45) is 5.10 Å². The third-order valence-corrected chi connectivity index (χ3v) is 6.05. The molecule has 0 aliphatic carbocycles. The number of hydrazone groups is 1. The Morgan fingerprint density at radius 2 is 1.63 bits per heavy atom. The van der Waals surface area contributed by atoms with Crippen LogP contribution in [0.15, 0.2) is 88.9 Å². The van der Waals surface area contributed by atoms with Crippen molar-refractivity contribution in [3.8, 4) is 0 Å². The SMILES string of the molecule is Cc1ccccc1N(CC(=O)N/N=C\c1ccc(F)cc1)S(=O)(=O)c1ccccc1. The van der Waals surface area contributed by atoms with Gasteiger partial charge in [0.15, 0.2) is 0 Å². The van der Waals surface area contributed by atoms with Gasteiger partial charge < -0.3 is 0 Å². The summed E-state index contributed by atoms with van der Waals surface area (Å²) in [6.45, 7) is 1.32. The van der Waals surface area contributed by atoms with E-state index in [-0.39, 0.29) is 10.7 Å². The predicted molar refractivity (Wildman–Crippen MR) is 114 cm³/mol. The molecule has 3 aromatic carbocycles. The number of carbonyl (C=O) groups excluding carboxylic acids is 1. The van der Waals surface area contributed by atoms with Gasteiger partial charge in [-0.25, -0.2) is 18.2 Å². The van der Waals surface area contributed by atoms with Crippen LogP contribution in [-0.2, 0) is 14.8 Å². The van der Waals surface area contributed by atoms with E-state index < -0.39 is 22.5 Å². The van der Waals surface area contributed by atoms with Crippen molar-refractivity contribution in [1.82, 2.24) is 5.43 Å². The van der Waals surface area contributed by atoms with E-state index in [9.17, 15) is 17.6 Å². The average Bonchev–Trinajstić information content (AvgIpc) is 2.75.